The number of piperidine rings is 1. The molecule has 3 rings (SSSR count). The van der Waals surface area contributed by atoms with Gasteiger partial charge >= 0.3 is 6.03 Å². The Morgan fingerprint density at radius 2 is 1.82 bits per heavy atom. The van der Waals surface area contributed by atoms with Gasteiger partial charge in [0.25, 0.3) is 0 Å². The maximum atomic E-state index is 12.7. The summed E-state index contributed by atoms with van der Waals surface area (Å²) in [6.07, 6.45) is 1.63. The molecule has 1 fully saturated rings. The lowest BCUT2D eigenvalue weighted by atomic mass is 10.1. The van der Waals surface area contributed by atoms with Gasteiger partial charge in [-0.15, -0.1) is 0 Å². The number of carbonyl (C=O) groups excluding carboxylic acids is 1. The van der Waals surface area contributed by atoms with Crippen LogP contribution in [-0.2, 0) is 0 Å². The van der Waals surface area contributed by atoms with Crippen LogP contribution in [0.3, 0.4) is 0 Å². The number of benzene rings is 1. The van der Waals surface area contributed by atoms with E-state index in [1.165, 1.54) is 0 Å². The Hall–Kier alpha value is -3.03. The SMILES string of the molecule is COc1cc(NC(=O)N2CCCC(Oc3cc(C)nc(C)n3)C2)cc(OC)c1. The molecule has 0 saturated carbocycles. The minimum absolute atomic E-state index is 0.104. The molecule has 1 saturated heterocycles. The fraction of sp³-hybridized carbons (Fsp3) is 0.450. The summed E-state index contributed by atoms with van der Waals surface area (Å²) in [6, 6.07) is 6.90. The van der Waals surface area contributed by atoms with Crippen LogP contribution in [-0.4, -0.2) is 54.3 Å². The van der Waals surface area contributed by atoms with Crippen LogP contribution < -0.4 is 19.5 Å². The first kappa shape index (κ1) is 19.7. The molecule has 2 heterocycles. The zero-order valence-corrected chi connectivity index (χ0v) is 16.7. The Kier molecular flexibility index (Phi) is 6.18. The third kappa shape index (κ3) is 5.03. The van der Waals surface area contributed by atoms with E-state index in [1.807, 2.05) is 19.9 Å². The number of nitrogens with zero attached hydrogens (tertiary/aromatic N) is 3. The molecule has 1 aromatic heterocycles. The van der Waals surface area contributed by atoms with Crippen LogP contribution in [0.4, 0.5) is 10.5 Å². The van der Waals surface area contributed by atoms with E-state index in [4.69, 9.17) is 14.2 Å². The Bertz CT molecular complexity index is 800. The van der Waals surface area contributed by atoms with Gasteiger partial charge < -0.3 is 24.4 Å². The molecule has 1 aromatic carbocycles. The van der Waals surface area contributed by atoms with Gasteiger partial charge in [-0.25, -0.2) is 9.78 Å². The number of aromatic nitrogens is 2. The number of likely N-dealkylation sites (tertiary alicyclic amines) is 1. The van der Waals surface area contributed by atoms with Crippen LogP contribution in [0.5, 0.6) is 17.4 Å². The zero-order chi connectivity index (χ0) is 20.1. The third-order valence-corrected chi connectivity index (χ3v) is 4.50. The van der Waals surface area contributed by atoms with Gasteiger partial charge in [0.1, 0.15) is 23.4 Å². The first-order valence-corrected chi connectivity index (χ1v) is 9.25. The zero-order valence-electron chi connectivity index (χ0n) is 16.7. The fourth-order valence-electron chi connectivity index (χ4n) is 3.22. The van der Waals surface area contributed by atoms with Crippen molar-refractivity contribution in [3.05, 3.63) is 35.8 Å². The van der Waals surface area contributed by atoms with Crippen LogP contribution >= 0.6 is 0 Å². The van der Waals surface area contributed by atoms with Crippen LogP contribution in [0, 0.1) is 13.8 Å². The molecule has 2 aromatic rings. The molecule has 0 radical (unpaired) electrons. The Morgan fingerprint density at radius 1 is 1.11 bits per heavy atom. The van der Waals surface area contributed by atoms with E-state index in [0.29, 0.717) is 42.0 Å². The van der Waals surface area contributed by atoms with Crippen LogP contribution in [0.15, 0.2) is 24.3 Å². The van der Waals surface area contributed by atoms with Gasteiger partial charge in [-0.2, -0.15) is 4.98 Å². The number of rotatable bonds is 5. The molecule has 150 valence electrons. The summed E-state index contributed by atoms with van der Waals surface area (Å²) < 4.78 is 16.5. The molecule has 1 aliphatic heterocycles. The van der Waals surface area contributed by atoms with Gasteiger partial charge in [0.2, 0.25) is 5.88 Å². The van der Waals surface area contributed by atoms with Crippen molar-refractivity contribution in [2.24, 2.45) is 0 Å². The van der Waals surface area contributed by atoms with Crippen molar-refractivity contribution < 1.29 is 19.0 Å². The highest BCUT2D eigenvalue weighted by molar-refractivity contribution is 5.90. The first-order valence-electron chi connectivity index (χ1n) is 9.25. The Labute approximate surface area is 164 Å². The molecule has 1 aliphatic rings. The number of nitrogens with one attached hydrogen (secondary N) is 1. The van der Waals surface area contributed by atoms with Gasteiger partial charge in [-0.05, 0) is 26.7 Å². The predicted octanol–water partition coefficient (Wildman–Crippen LogP) is 3.19. The number of amides is 2. The molecule has 0 aliphatic carbocycles. The summed E-state index contributed by atoms with van der Waals surface area (Å²) in [7, 11) is 3.15. The Balaban J connectivity index is 1.64. The highest BCUT2D eigenvalue weighted by Crippen LogP contribution is 2.26. The smallest absolute Gasteiger partial charge is 0.321 e. The van der Waals surface area contributed by atoms with E-state index in [0.717, 1.165) is 18.5 Å². The standard InChI is InChI=1S/C20H26N4O4/c1-13-8-19(22-14(2)21-13)28-16-6-5-7-24(12-16)20(25)23-15-9-17(26-3)11-18(10-15)27-4/h8-11,16H,5-7,12H2,1-4H3,(H,23,25). The van der Waals surface area contributed by atoms with Crippen molar-refractivity contribution in [3.8, 4) is 17.4 Å². The van der Waals surface area contributed by atoms with E-state index < -0.39 is 0 Å². The summed E-state index contributed by atoms with van der Waals surface area (Å²) in [4.78, 5) is 23.1. The number of urea groups is 1. The summed E-state index contributed by atoms with van der Waals surface area (Å²) in [5.74, 6) is 2.45. The third-order valence-electron chi connectivity index (χ3n) is 4.50. The molecule has 1 unspecified atom stereocenters. The van der Waals surface area contributed by atoms with Crippen LogP contribution in [0.25, 0.3) is 0 Å². The van der Waals surface area contributed by atoms with E-state index in [-0.39, 0.29) is 12.1 Å². The minimum Gasteiger partial charge on any atom is -0.497 e. The molecule has 1 N–H and O–H groups in total. The van der Waals surface area contributed by atoms with E-state index >= 15 is 0 Å². The largest absolute Gasteiger partial charge is 0.497 e. The average Bonchev–Trinajstić information content (AvgIpc) is 2.67. The normalized spacial score (nSPS) is 16.4. The number of carbonyl (C=O) groups is 1. The van der Waals surface area contributed by atoms with Crippen molar-refractivity contribution in [1.29, 1.82) is 0 Å². The summed E-state index contributed by atoms with van der Waals surface area (Å²) in [5, 5.41) is 2.91. The lowest BCUT2D eigenvalue weighted by Gasteiger charge is -2.32. The molecule has 8 heteroatoms. The van der Waals surface area contributed by atoms with Crippen molar-refractivity contribution in [3.63, 3.8) is 0 Å². The van der Waals surface area contributed by atoms with E-state index in [9.17, 15) is 4.79 Å². The molecular formula is C20H26N4O4. The van der Waals surface area contributed by atoms with Crippen molar-refractivity contribution in [1.82, 2.24) is 14.9 Å². The number of anilines is 1. The number of methoxy groups -OCH3 is 2. The van der Waals surface area contributed by atoms with Crippen LogP contribution in [0.2, 0.25) is 0 Å². The number of ether oxygens (including phenoxy) is 3. The number of aryl methyl sites for hydroxylation is 2. The molecule has 1 atom stereocenters. The topological polar surface area (TPSA) is 85.8 Å². The molecule has 0 bridgehead atoms. The second-order valence-electron chi connectivity index (χ2n) is 6.75. The lowest BCUT2D eigenvalue weighted by Crippen LogP contribution is -2.46. The van der Waals surface area contributed by atoms with Gasteiger partial charge in [-0.1, -0.05) is 0 Å². The van der Waals surface area contributed by atoms with Gasteiger partial charge in [0, 0.05) is 42.2 Å². The second-order valence-corrected chi connectivity index (χ2v) is 6.75. The van der Waals surface area contributed by atoms with Crippen molar-refractivity contribution >= 4 is 11.7 Å². The molecule has 2 amide bonds. The summed E-state index contributed by atoms with van der Waals surface area (Å²) >= 11 is 0. The van der Waals surface area contributed by atoms with Crippen molar-refractivity contribution in [2.45, 2.75) is 32.8 Å². The van der Waals surface area contributed by atoms with Gasteiger partial charge in [0.05, 0.1) is 20.8 Å². The number of hydrogen-bond donors (Lipinski definition) is 1. The highest BCUT2D eigenvalue weighted by atomic mass is 16.5. The monoisotopic (exact) mass is 386 g/mol. The maximum absolute atomic E-state index is 12.7. The Morgan fingerprint density at radius 3 is 2.46 bits per heavy atom. The highest BCUT2D eigenvalue weighted by Gasteiger charge is 2.25. The second kappa shape index (κ2) is 8.77. The first-order chi connectivity index (χ1) is 13.5. The predicted molar refractivity (Wildman–Crippen MR) is 105 cm³/mol. The average molecular weight is 386 g/mol. The quantitative estimate of drug-likeness (QED) is 0.849. The summed E-state index contributed by atoms with van der Waals surface area (Å²) in [5.41, 5.74) is 1.48. The lowest BCUT2D eigenvalue weighted by molar-refractivity contribution is 0.102. The molecular weight excluding hydrogens is 360 g/mol. The fourth-order valence-corrected chi connectivity index (χ4v) is 3.22. The van der Waals surface area contributed by atoms with E-state index in [1.54, 1.807) is 37.3 Å². The molecule has 8 nitrogen and oxygen atoms in total. The van der Waals surface area contributed by atoms with E-state index in [2.05, 4.69) is 15.3 Å². The minimum atomic E-state index is -0.182. The van der Waals surface area contributed by atoms with Gasteiger partial charge in [-0.3, -0.25) is 0 Å². The van der Waals surface area contributed by atoms with Crippen molar-refractivity contribution in [2.75, 3.05) is 32.6 Å². The summed E-state index contributed by atoms with van der Waals surface area (Å²) in [6.45, 7) is 4.91. The number of hydrogen-bond acceptors (Lipinski definition) is 6. The molecule has 28 heavy (non-hydrogen) atoms. The van der Waals surface area contributed by atoms with Gasteiger partial charge in [0.15, 0.2) is 0 Å². The molecule has 0 spiro atoms. The van der Waals surface area contributed by atoms with Crippen LogP contribution in [0.1, 0.15) is 24.4 Å². The maximum Gasteiger partial charge on any atom is 0.321 e.